The van der Waals surface area contributed by atoms with Crippen LogP contribution in [-0.4, -0.2) is 59.5 Å². The van der Waals surface area contributed by atoms with Crippen molar-refractivity contribution in [2.75, 3.05) is 44.9 Å². The van der Waals surface area contributed by atoms with Crippen LogP contribution in [0, 0.1) is 0 Å². The van der Waals surface area contributed by atoms with Crippen LogP contribution in [0.5, 0.6) is 0 Å². The number of nitrogens with one attached hydrogen (secondary N) is 2. The summed E-state index contributed by atoms with van der Waals surface area (Å²) in [5.74, 6) is 0.0676. The second-order valence-corrected chi connectivity index (χ2v) is 12.2. The van der Waals surface area contributed by atoms with Crippen molar-refractivity contribution in [3.63, 3.8) is 0 Å². The smallest absolute Gasteiger partial charge is 0.394 e. The predicted molar refractivity (Wildman–Crippen MR) is 125 cm³/mol. The lowest BCUT2D eigenvalue weighted by molar-refractivity contribution is -0.140. The van der Waals surface area contributed by atoms with Crippen molar-refractivity contribution in [1.29, 1.82) is 0 Å². The third kappa shape index (κ3) is 4.92. The maximum atomic E-state index is 13.5. The Kier molecular flexibility index (Phi) is 6.53. The van der Waals surface area contributed by atoms with Gasteiger partial charge in [-0.3, -0.25) is 4.90 Å². The Morgan fingerprint density at radius 3 is 2.73 bits per heavy atom. The quantitative estimate of drug-likeness (QED) is 0.435. The van der Waals surface area contributed by atoms with Crippen LogP contribution in [0.15, 0.2) is 30.3 Å². The van der Waals surface area contributed by atoms with Crippen LogP contribution in [0.1, 0.15) is 23.0 Å². The van der Waals surface area contributed by atoms with Gasteiger partial charge in [-0.15, -0.1) is 0 Å². The van der Waals surface area contributed by atoms with E-state index in [4.69, 9.17) is 11.6 Å². The van der Waals surface area contributed by atoms with Crippen molar-refractivity contribution in [3.8, 4) is 0 Å². The second-order valence-electron chi connectivity index (χ2n) is 8.53. The van der Waals surface area contributed by atoms with E-state index in [2.05, 4.69) is 20.2 Å². The lowest BCUT2D eigenvalue weighted by Crippen LogP contribution is -2.40. The van der Waals surface area contributed by atoms with Crippen LogP contribution in [0.4, 0.5) is 19.0 Å². The van der Waals surface area contributed by atoms with E-state index < -0.39 is 19.0 Å². The number of rotatable bonds is 6. The SMILES string of the molecule is CP(C)(=O)c1ccc(NCCN2CCc3c([nH]c4ccc(Cl)cc34)C2CO)nc1C(F)(F)F. The Morgan fingerprint density at radius 2 is 2.06 bits per heavy atom. The highest BCUT2D eigenvalue weighted by Gasteiger charge is 2.38. The van der Waals surface area contributed by atoms with Crippen LogP contribution < -0.4 is 10.6 Å². The number of aromatic nitrogens is 2. The number of benzene rings is 1. The maximum Gasteiger partial charge on any atom is 0.434 e. The van der Waals surface area contributed by atoms with Crippen LogP contribution in [-0.2, 0) is 17.2 Å². The molecule has 1 aromatic carbocycles. The molecule has 3 N–H and O–H groups in total. The first-order chi connectivity index (χ1) is 15.5. The Hall–Kier alpha value is -2.06. The molecule has 0 saturated carbocycles. The van der Waals surface area contributed by atoms with Crippen molar-refractivity contribution < 1.29 is 22.8 Å². The largest absolute Gasteiger partial charge is 0.434 e. The predicted octanol–water partition coefficient (Wildman–Crippen LogP) is 4.49. The Morgan fingerprint density at radius 1 is 1.30 bits per heavy atom. The summed E-state index contributed by atoms with van der Waals surface area (Å²) in [5, 5.41) is 14.4. The Labute approximate surface area is 194 Å². The second kappa shape index (κ2) is 8.95. The summed E-state index contributed by atoms with van der Waals surface area (Å²) < 4.78 is 52.7. The van der Waals surface area contributed by atoms with Gasteiger partial charge in [-0.1, -0.05) is 11.6 Å². The summed E-state index contributed by atoms with van der Waals surface area (Å²) in [6, 6.07) is 8.03. The fourth-order valence-corrected chi connectivity index (χ4v) is 5.68. The number of aliphatic hydroxyl groups is 1. The van der Waals surface area contributed by atoms with Gasteiger partial charge < -0.3 is 20.0 Å². The van der Waals surface area contributed by atoms with E-state index in [0.29, 0.717) is 24.7 Å². The van der Waals surface area contributed by atoms with E-state index in [1.54, 1.807) is 0 Å². The molecule has 0 fully saturated rings. The zero-order valence-corrected chi connectivity index (χ0v) is 19.9. The average Bonchev–Trinajstić information content (AvgIpc) is 3.10. The van der Waals surface area contributed by atoms with Crippen LogP contribution in [0.2, 0.25) is 5.02 Å². The fraction of sp³-hybridized carbons (Fsp3) is 0.409. The third-order valence-corrected chi connectivity index (χ3v) is 7.68. The highest BCUT2D eigenvalue weighted by molar-refractivity contribution is 7.70. The van der Waals surface area contributed by atoms with Crippen LogP contribution in [0.25, 0.3) is 10.9 Å². The van der Waals surface area contributed by atoms with Crippen molar-refractivity contribution in [2.45, 2.75) is 18.6 Å². The molecule has 6 nitrogen and oxygen atoms in total. The summed E-state index contributed by atoms with van der Waals surface area (Å²) in [4.78, 5) is 9.17. The van der Waals surface area contributed by atoms with Gasteiger partial charge >= 0.3 is 6.18 Å². The normalized spacial score (nSPS) is 17.4. The molecule has 1 aliphatic rings. The zero-order valence-electron chi connectivity index (χ0n) is 18.2. The number of aliphatic hydroxyl groups excluding tert-OH is 1. The lowest BCUT2D eigenvalue weighted by Gasteiger charge is -2.34. The van der Waals surface area contributed by atoms with E-state index in [0.717, 1.165) is 28.6 Å². The molecule has 3 aromatic rings. The lowest BCUT2D eigenvalue weighted by atomic mass is 9.97. The minimum atomic E-state index is -4.70. The number of hydrogen-bond donors (Lipinski definition) is 3. The summed E-state index contributed by atoms with van der Waals surface area (Å²) in [6.07, 6.45) is -3.93. The zero-order chi connectivity index (χ0) is 24.0. The van der Waals surface area contributed by atoms with Crippen molar-refractivity contribution in [3.05, 3.63) is 52.3 Å². The molecule has 2 aromatic heterocycles. The van der Waals surface area contributed by atoms with Gasteiger partial charge in [0, 0.05) is 46.6 Å². The van der Waals surface area contributed by atoms with E-state index in [1.165, 1.54) is 25.5 Å². The number of hydrogen-bond acceptors (Lipinski definition) is 5. The molecule has 11 heteroatoms. The molecule has 0 spiro atoms. The standard InChI is InChI=1S/C22H25ClF3N4O2P/c1-33(2,32)18-5-6-19(29-21(18)22(24,25)26)27-8-10-30-9-7-14-15-11-13(23)3-4-16(15)28-20(14)17(30)12-31/h3-6,11,17,28,31H,7-10,12H2,1-2H3,(H,27,29). The van der Waals surface area contributed by atoms with Gasteiger partial charge in [-0.2, -0.15) is 13.2 Å². The van der Waals surface area contributed by atoms with Gasteiger partial charge in [-0.25, -0.2) is 4.98 Å². The highest BCUT2D eigenvalue weighted by atomic mass is 35.5. The number of halogens is 4. The Balaban J connectivity index is 1.49. The van der Waals surface area contributed by atoms with Gasteiger partial charge in [0.15, 0.2) is 5.69 Å². The number of alkyl halides is 3. The van der Waals surface area contributed by atoms with Crippen molar-refractivity contribution >= 4 is 40.8 Å². The molecule has 0 amide bonds. The maximum absolute atomic E-state index is 13.5. The molecule has 4 rings (SSSR count). The molecule has 33 heavy (non-hydrogen) atoms. The number of pyridine rings is 1. The number of nitrogens with zero attached hydrogens (tertiary/aromatic N) is 2. The van der Waals surface area contributed by atoms with E-state index in [-0.39, 0.29) is 23.8 Å². The topological polar surface area (TPSA) is 81.2 Å². The summed E-state index contributed by atoms with van der Waals surface area (Å²) in [6.45, 7) is 4.01. The fourth-order valence-electron chi connectivity index (χ4n) is 4.38. The molecular formula is C22H25ClF3N4O2P. The average molecular weight is 501 g/mol. The molecule has 0 radical (unpaired) electrons. The molecule has 0 aliphatic carbocycles. The van der Waals surface area contributed by atoms with Crippen molar-refractivity contribution in [2.24, 2.45) is 0 Å². The molecule has 1 atom stereocenters. The monoisotopic (exact) mass is 500 g/mol. The third-order valence-electron chi connectivity index (χ3n) is 5.92. The molecule has 1 unspecified atom stereocenters. The molecular weight excluding hydrogens is 476 g/mol. The van der Waals surface area contributed by atoms with Crippen LogP contribution >= 0.6 is 18.7 Å². The first-order valence-corrected chi connectivity index (χ1v) is 13.5. The van der Waals surface area contributed by atoms with E-state index in [9.17, 15) is 22.8 Å². The minimum Gasteiger partial charge on any atom is -0.394 e. The number of H-pyrrole nitrogens is 1. The molecule has 0 saturated heterocycles. The summed E-state index contributed by atoms with van der Waals surface area (Å²) >= 11 is 6.14. The number of anilines is 1. The Bertz CT molecular complexity index is 1220. The van der Waals surface area contributed by atoms with Crippen LogP contribution in [0.3, 0.4) is 0 Å². The van der Waals surface area contributed by atoms with Gasteiger partial charge in [0.05, 0.1) is 12.6 Å². The van der Waals surface area contributed by atoms with E-state index in [1.807, 2.05) is 18.2 Å². The molecule has 0 bridgehead atoms. The van der Waals surface area contributed by atoms with Gasteiger partial charge in [0.25, 0.3) is 0 Å². The van der Waals surface area contributed by atoms with E-state index >= 15 is 0 Å². The van der Waals surface area contributed by atoms with Crippen molar-refractivity contribution in [1.82, 2.24) is 14.9 Å². The van der Waals surface area contributed by atoms with Gasteiger partial charge in [0.1, 0.15) is 13.0 Å². The molecule has 1 aliphatic heterocycles. The summed E-state index contributed by atoms with van der Waals surface area (Å²) in [7, 11) is -3.14. The minimum absolute atomic E-state index is 0.0676. The highest BCUT2D eigenvalue weighted by Crippen LogP contribution is 2.40. The summed E-state index contributed by atoms with van der Waals surface area (Å²) in [5.41, 5.74) is 1.90. The number of fused-ring (bicyclic) bond motifs is 3. The molecule has 3 heterocycles. The van der Waals surface area contributed by atoms with Gasteiger partial charge in [-0.05, 0) is 55.6 Å². The first-order valence-electron chi connectivity index (χ1n) is 10.5. The number of aromatic amines is 1. The van der Waals surface area contributed by atoms with Gasteiger partial charge in [0.2, 0.25) is 0 Å². The molecule has 178 valence electrons. The first kappa shape index (κ1) is 24.1.